The molecule has 0 heterocycles. The van der Waals surface area contributed by atoms with Crippen LogP contribution in [0.5, 0.6) is 0 Å². The van der Waals surface area contributed by atoms with Crippen molar-refractivity contribution in [3.63, 3.8) is 0 Å². The molecular weight excluding hydrogens is 764 g/mol. The second-order valence-electron chi connectivity index (χ2n) is 13.6. The van der Waals surface area contributed by atoms with Gasteiger partial charge in [0, 0.05) is 65.2 Å². The largest absolute Gasteiger partial charge is 0.310 e. The molecular formula is C48H39IN2S. The molecule has 0 unspecified atom stereocenters. The number of hydrogen-bond acceptors (Lipinski definition) is 3. The predicted molar refractivity (Wildman–Crippen MR) is 236 cm³/mol. The Hall–Kier alpha value is -5.04. The van der Waals surface area contributed by atoms with E-state index < -0.39 is 0 Å². The molecule has 4 heteroatoms. The third-order valence-electron chi connectivity index (χ3n) is 10.3. The van der Waals surface area contributed by atoms with E-state index in [1.165, 1.54) is 37.9 Å². The minimum atomic E-state index is -0.285. The van der Waals surface area contributed by atoms with E-state index in [2.05, 4.69) is 228 Å². The molecule has 0 spiro atoms. The third kappa shape index (κ3) is 5.84. The molecule has 0 atom stereocenters. The van der Waals surface area contributed by atoms with Crippen LogP contribution in [0, 0.1) is 0 Å². The summed E-state index contributed by atoms with van der Waals surface area (Å²) in [5.41, 5.74) is 13.9. The Morgan fingerprint density at radius 3 is 1.88 bits per heavy atom. The lowest BCUT2D eigenvalue weighted by Gasteiger charge is -2.31. The summed E-state index contributed by atoms with van der Waals surface area (Å²) >= 11 is 2.35. The van der Waals surface area contributed by atoms with E-state index in [4.69, 9.17) is 0 Å². The molecule has 0 saturated carbocycles. The molecule has 2 nitrogen and oxygen atoms in total. The van der Waals surface area contributed by atoms with Crippen molar-refractivity contribution >= 4 is 87.2 Å². The number of allylic oxidation sites excluding steroid dienone is 1. The predicted octanol–water partition coefficient (Wildman–Crippen LogP) is 15.2. The summed E-state index contributed by atoms with van der Waals surface area (Å²) in [6.07, 6.45) is 6.46. The number of fused-ring (bicyclic) bond motifs is 4. The summed E-state index contributed by atoms with van der Waals surface area (Å²) in [5, 5.41) is 2.42. The molecule has 1 aliphatic carbocycles. The van der Waals surface area contributed by atoms with Gasteiger partial charge in [-0.15, -0.1) is 0 Å². The summed E-state index contributed by atoms with van der Waals surface area (Å²) in [7, 11) is 1.73. The molecule has 7 aromatic carbocycles. The molecule has 0 amide bonds. The minimum Gasteiger partial charge on any atom is -0.310 e. The molecule has 8 rings (SSSR count). The highest BCUT2D eigenvalue weighted by Gasteiger charge is 2.39. The van der Waals surface area contributed by atoms with Crippen LogP contribution in [0.2, 0.25) is 0 Å². The number of nitrogens with zero attached hydrogens (tertiary/aromatic N) is 2. The van der Waals surface area contributed by atoms with Crippen molar-refractivity contribution in [3.05, 3.63) is 187 Å². The second-order valence-corrected chi connectivity index (χ2v) is 15.6. The highest BCUT2D eigenvalue weighted by atomic mass is 127. The lowest BCUT2D eigenvalue weighted by molar-refractivity contribution is 0.660. The summed E-state index contributed by atoms with van der Waals surface area (Å²) in [6.45, 7) is 11.3. The number of anilines is 6. The molecule has 0 saturated heterocycles. The van der Waals surface area contributed by atoms with Gasteiger partial charge in [0.25, 0.3) is 0 Å². The van der Waals surface area contributed by atoms with Crippen molar-refractivity contribution in [2.75, 3.05) is 9.80 Å². The molecule has 1 aliphatic rings. The van der Waals surface area contributed by atoms with E-state index in [0.717, 1.165) is 45.3 Å². The first-order valence-electron chi connectivity index (χ1n) is 17.6. The van der Waals surface area contributed by atoms with E-state index >= 15 is 0 Å². The van der Waals surface area contributed by atoms with Crippen LogP contribution in [0.4, 0.5) is 34.1 Å². The molecule has 254 valence electrons. The van der Waals surface area contributed by atoms with Crippen molar-refractivity contribution in [3.8, 4) is 11.1 Å². The molecule has 52 heavy (non-hydrogen) atoms. The van der Waals surface area contributed by atoms with Crippen LogP contribution in [0.1, 0.15) is 43.0 Å². The van der Waals surface area contributed by atoms with Crippen LogP contribution in [0.25, 0.3) is 34.1 Å². The standard InChI is InChI=1S/C48H39IN2S/c1-5-16-41-39(6-2)47-42-30-27-37(50(34-19-9-7-10-20-34)36-25-28-38(52-49)29-26-36)31-43(42)48(3,4)44(47)32-46(41)51(35-21-11-8-12-22-35)45-24-15-18-33-17-13-14-23-40(33)45/h5-32H,2H2,1,3-4H3/b16-5-. The maximum Gasteiger partial charge on any atom is 0.0543 e. The van der Waals surface area contributed by atoms with E-state index in [1.807, 2.05) is 0 Å². The molecule has 0 fully saturated rings. The van der Waals surface area contributed by atoms with Crippen molar-refractivity contribution in [1.82, 2.24) is 0 Å². The molecule has 0 aromatic heterocycles. The fourth-order valence-electron chi connectivity index (χ4n) is 7.84. The first kappa shape index (κ1) is 34.1. The lowest BCUT2D eigenvalue weighted by Crippen LogP contribution is -2.18. The zero-order valence-electron chi connectivity index (χ0n) is 29.6. The Bertz CT molecular complexity index is 2450. The van der Waals surface area contributed by atoms with E-state index in [9.17, 15) is 0 Å². The van der Waals surface area contributed by atoms with Crippen molar-refractivity contribution in [2.24, 2.45) is 0 Å². The van der Waals surface area contributed by atoms with Gasteiger partial charge in [-0.1, -0.05) is 126 Å². The van der Waals surface area contributed by atoms with Crippen LogP contribution < -0.4 is 9.80 Å². The average molecular weight is 803 g/mol. The fraction of sp³-hybridized carbons (Fsp3) is 0.0833. The number of rotatable bonds is 9. The van der Waals surface area contributed by atoms with Gasteiger partial charge in [-0.2, -0.15) is 0 Å². The van der Waals surface area contributed by atoms with Crippen LogP contribution >= 0.6 is 30.1 Å². The average Bonchev–Trinajstić information content (AvgIpc) is 3.41. The Morgan fingerprint density at radius 1 is 0.596 bits per heavy atom. The number of para-hydroxylation sites is 2. The zero-order valence-corrected chi connectivity index (χ0v) is 32.5. The van der Waals surface area contributed by atoms with Crippen LogP contribution in [-0.4, -0.2) is 0 Å². The Labute approximate surface area is 323 Å². The monoisotopic (exact) mass is 802 g/mol. The number of halogens is 1. The van der Waals surface area contributed by atoms with Gasteiger partial charge >= 0.3 is 0 Å². The van der Waals surface area contributed by atoms with E-state index in [1.54, 1.807) is 8.93 Å². The van der Waals surface area contributed by atoms with E-state index in [-0.39, 0.29) is 5.41 Å². The van der Waals surface area contributed by atoms with Crippen molar-refractivity contribution < 1.29 is 0 Å². The first-order chi connectivity index (χ1) is 25.4. The summed E-state index contributed by atoms with van der Waals surface area (Å²) in [6, 6.07) is 55.0. The van der Waals surface area contributed by atoms with Crippen LogP contribution in [0.15, 0.2) is 169 Å². The van der Waals surface area contributed by atoms with Crippen LogP contribution in [-0.2, 0) is 5.41 Å². The fourth-order valence-corrected chi connectivity index (χ4v) is 8.96. The quantitative estimate of drug-likeness (QED) is 0.134. The maximum absolute atomic E-state index is 4.44. The SMILES string of the molecule is C=Cc1c(/C=C\C)c(N(c2ccccc2)c2cccc3ccccc23)cc2c1-c1ccc(N(c3ccccc3)c3ccc(SI)cc3)cc1C2(C)C. The van der Waals surface area contributed by atoms with Crippen LogP contribution in [0.3, 0.4) is 0 Å². The third-order valence-corrected chi connectivity index (χ3v) is 12.2. The Morgan fingerprint density at radius 2 is 1.21 bits per heavy atom. The van der Waals surface area contributed by atoms with Gasteiger partial charge in [-0.05, 0) is 113 Å². The van der Waals surface area contributed by atoms with Gasteiger partial charge < -0.3 is 9.80 Å². The van der Waals surface area contributed by atoms with Gasteiger partial charge in [-0.25, -0.2) is 0 Å². The normalized spacial score (nSPS) is 12.8. The lowest BCUT2D eigenvalue weighted by atomic mass is 9.81. The summed E-state index contributed by atoms with van der Waals surface area (Å²) in [5.74, 6) is 0. The second kappa shape index (κ2) is 14.2. The van der Waals surface area contributed by atoms with Gasteiger partial charge in [-0.3, -0.25) is 0 Å². The number of benzene rings is 7. The molecule has 0 aliphatic heterocycles. The molecule has 7 aromatic rings. The topological polar surface area (TPSA) is 6.48 Å². The Balaban J connectivity index is 1.36. The summed E-state index contributed by atoms with van der Waals surface area (Å²) in [4.78, 5) is 6.04. The smallest absolute Gasteiger partial charge is 0.0543 e. The highest BCUT2D eigenvalue weighted by molar-refractivity contribution is 14.2. The zero-order chi connectivity index (χ0) is 35.8. The van der Waals surface area contributed by atoms with E-state index in [0.29, 0.717) is 0 Å². The van der Waals surface area contributed by atoms with Gasteiger partial charge in [0.05, 0.1) is 11.4 Å². The summed E-state index contributed by atoms with van der Waals surface area (Å²) < 4.78 is 0. The van der Waals surface area contributed by atoms with Gasteiger partial charge in [0.2, 0.25) is 0 Å². The number of hydrogen-bond donors (Lipinski definition) is 0. The minimum absolute atomic E-state index is 0.285. The van der Waals surface area contributed by atoms with Crippen molar-refractivity contribution in [1.29, 1.82) is 0 Å². The first-order valence-corrected chi connectivity index (χ1v) is 21.0. The van der Waals surface area contributed by atoms with Gasteiger partial charge in [0.15, 0.2) is 0 Å². The highest BCUT2D eigenvalue weighted by Crippen LogP contribution is 2.56. The molecule has 0 radical (unpaired) electrons. The Kier molecular flexibility index (Phi) is 9.29. The van der Waals surface area contributed by atoms with Gasteiger partial charge in [0.1, 0.15) is 0 Å². The molecule has 0 bridgehead atoms. The van der Waals surface area contributed by atoms with Crippen molar-refractivity contribution in [2.45, 2.75) is 31.1 Å². The molecule has 0 N–H and O–H groups in total. The maximum atomic E-state index is 4.44.